The molecule has 0 amide bonds. The van der Waals surface area contributed by atoms with Crippen molar-refractivity contribution in [2.45, 2.75) is 19.6 Å². The maximum absolute atomic E-state index is 5.26. The molecule has 0 N–H and O–H groups in total. The summed E-state index contributed by atoms with van der Waals surface area (Å²) in [6, 6.07) is 16.5. The van der Waals surface area contributed by atoms with Gasteiger partial charge in [-0.25, -0.2) is 0 Å². The van der Waals surface area contributed by atoms with Crippen molar-refractivity contribution in [3.05, 3.63) is 48.5 Å². The van der Waals surface area contributed by atoms with Gasteiger partial charge in [-0.3, -0.25) is 0 Å². The molecule has 0 aromatic heterocycles. The molecular formula is C18H25NO2Si. The lowest BCUT2D eigenvalue weighted by atomic mass is 10.2. The second-order valence-corrected chi connectivity index (χ2v) is 12.0. The first-order chi connectivity index (χ1) is 10.4. The van der Waals surface area contributed by atoms with Gasteiger partial charge in [0.05, 0.1) is 22.3 Å². The molecule has 2 rings (SSSR count). The van der Waals surface area contributed by atoms with Gasteiger partial charge in [-0.15, -0.1) is 0 Å². The first-order valence-corrected chi connectivity index (χ1v) is 11.2. The molecule has 0 fully saturated rings. The molecule has 2 aromatic rings. The molecule has 0 saturated carbocycles. The monoisotopic (exact) mass is 315 g/mol. The number of benzene rings is 2. The minimum Gasteiger partial charge on any atom is -0.497 e. The Morgan fingerprint density at radius 2 is 1.09 bits per heavy atom. The van der Waals surface area contributed by atoms with Crippen molar-refractivity contribution in [2.24, 2.45) is 0 Å². The molecule has 118 valence electrons. The van der Waals surface area contributed by atoms with Crippen LogP contribution in [0.3, 0.4) is 0 Å². The summed E-state index contributed by atoms with van der Waals surface area (Å²) in [6.07, 6.45) is 1.06. The van der Waals surface area contributed by atoms with Gasteiger partial charge in [0.15, 0.2) is 0 Å². The lowest BCUT2D eigenvalue weighted by Crippen LogP contribution is -2.37. The number of hydrogen-bond donors (Lipinski definition) is 0. The molecule has 3 nitrogen and oxygen atoms in total. The topological polar surface area (TPSA) is 21.7 Å². The summed E-state index contributed by atoms with van der Waals surface area (Å²) in [7, 11) is 2.12. The van der Waals surface area contributed by atoms with Crippen LogP contribution in [0, 0.1) is 0 Å². The lowest BCUT2D eigenvalue weighted by molar-refractivity contribution is 0.415. The SMILES string of the molecule is COc1ccc(N(C[Si](C)(C)C)c2ccc(OC)cc2)cc1. The van der Waals surface area contributed by atoms with E-state index in [0.717, 1.165) is 17.7 Å². The molecule has 0 aliphatic rings. The van der Waals surface area contributed by atoms with Gasteiger partial charge in [-0.1, -0.05) is 19.6 Å². The van der Waals surface area contributed by atoms with Gasteiger partial charge in [-0.2, -0.15) is 0 Å². The van der Waals surface area contributed by atoms with Gasteiger partial charge in [0.25, 0.3) is 0 Å². The smallest absolute Gasteiger partial charge is 0.119 e. The Hall–Kier alpha value is -1.94. The van der Waals surface area contributed by atoms with Crippen molar-refractivity contribution in [2.75, 3.05) is 25.3 Å². The van der Waals surface area contributed by atoms with Crippen LogP contribution < -0.4 is 14.4 Å². The standard InChI is InChI=1S/C18H25NO2Si/c1-20-17-10-6-15(7-11-17)19(14-22(3,4)5)16-8-12-18(21-2)13-9-16/h6-13H,14H2,1-5H3. The number of ether oxygens (including phenoxy) is 2. The number of hydrogen-bond acceptors (Lipinski definition) is 3. The predicted molar refractivity (Wildman–Crippen MR) is 96.3 cm³/mol. The van der Waals surface area contributed by atoms with E-state index in [9.17, 15) is 0 Å². The van der Waals surface area contributed by atoms with Crippen LogP contribution >= 0.6 is 0 Å². The van der Waals surface area contributed by atoms with E-state index in [4.69, 9.17) is 9.47 Å². The maximum atomic E-state index is 5.26. The van der Waals surface area contributed by atoms with E-state index in [1.54, 1.807) is 14.2 Å². The van der Waals surface area contributed by atoms with Crippen LogP contribution in [0.1, 0.15) is 0 Å². The van der Waals surface area contributed by atoms with E-state index in [2.05, 4.69) is 48.8 Å². The fourth-order valence-electron chi connectivity index (χ4n) is 2.33. The molecule has 0 bridgehead atoms. The molecule has 0 spiro atoms. The normalized spacial score (nSPS) is 11.1. The number of rotatable bonds is 6. The number of methoxy groups -OCH3 is 2. The fourth-order valence-corrected chi connectivity index (χ4v) is 3.64. The molecule has 0 unspecified atom stereocenters. The van der Waals surface area contributed by atoms with Crippen molar-refractivity contribution < 1.29 is 9.47 Å². The van der Waals surface area contributed by atoms with Crippen LogP contribution in [-0.4, -0.2) is 28.5 Å². The van der Waals surface area contributed by atoms with E-state index < -0.39 is 8.07 Å². The molecule has 4 heteroatoms. The molecule has 0 saturated heterocycles. The summed E-state index contributed by atoms with van der Waals surface area (Å²) in [5.41, 5.74) is 2.38. The summed E-state index contributed by atoms with van der Waals surface area (Å²) in [5.74, 6) is 1.76. The maximum Gasteiger partial charge on any atom is 0.119 e. The van der Waals surface area contributed by atoms with Gasteiger partial charge in [-0.05, 0) is 48.5 Å². The zero-order valence-corrected chi connectivity index (χ0v) is 15.1. The zero-order valence-electron chi connectivity index (χ0n) is 14.1. The Morgan fingerprint density at radius 1 is 0.727 bits per heavy atom. The minimum absolute atomic E-state index is 0.881. The third-order valence-electron chi connectivity index (χ3n) is 3.40. The molecule has 0 aliphatic carbocycles. The zero-order chi connectivity index (χ0) is 16.2. The van der Waals surface area contributed by atoms with Crippen LogP contribution in [0.4, 0.5) is 11.4 Å². The van der Waals surface area contributed by atoms with Crippen molar-refractivity contribution >= 4 is 19.4 Å². The molecule has 0 atom stereocenters. The van der Waals surface area contributed by atoms with Crippen LogP contribution in [0.5, 0.6) is 11.5 Å². The summed E-state index contributed by atoms with van der Waals surface area (Å²) < 4.78 is 10.5. The van der Waals surface area contributed by atoms with Gasteiger partial charge < -0.3 is 14.4 Å². The highest BCUT2D eigenvalue weighted by atomic mass is 28.3. The van der Waals surface area contributed by atoms with E-state index >= 15 is 0 Å². The molecule has 22 heavy (non-hydrogen) atoms. The summed E-state index contributed by atoms with van der Waals surface area (Å²) in [6.45, 7) is 7.15. The van der Waals surface area contributed by atoms with Crippen LogP contribution in [-0.2, 0) is 0 Å². The fraction of sp³-hybridized carbons (Fsp3) is 0.333. The third-order valence-corrected chi connectivity index (χ3v) is 4.67. The van der Waals surface area contributed by atoms with E-state index in [1.165, 1.54) is 11.4 Å². The first-order valence-electron chi connectivity index (χ1n) is 7.48. The molecule has 0 aliphatic heterocycles. The molecule has 0 heterocycles. The average Bonchev–Trinajstić information content (AvgIpc) is 2.52. The van der Waals surface area contributed by atoms with Gasteiger partial charge in [0, 0.05) is 17.5 Å². The summed E-state index contributed by atoms with van der Waals surface area (Å²) in [5, 5.41) is 0. The van der Waals surface area contributed by atoms with Crippen molar-refractivity contribution in [3.8, 4) is 11.5 Å². The van der Waals surface area contributed by atoms with E-state index in [-0.39, 0.29) is 0 Å². The van der Waals surface area contributed by atoms with Gasteiger partial charge >= 0.3 is 0 Å². The van der Waals surface area contributed by atoms with Crippen LogP contribution in [0.25, 0.3) is 0 Å². The second kappa shape index (κ2) is 6.88. The van der Waals surface area contributed by atoms with Crippen molar-refractivity contribution in [1.29, 1.82) is 0 Å². The van der Waals surface area contributed by atoms with Crippen LogP contribution in [0.2, 0.25) is 19.6 Å². The van der Waals surface area contributed by atoms with Crippen molar-refractivity contribution in [1.82, 2.24) is 0 Å². The van der Waals surface area contributed by atoms with Crippen LogP contribution in [0.15, 0.2) is 48.5 Å². The Balaban J connectivity index is 2.35. The highest BCUT2D eigenvalue weighted by Gasteiger charge is 2.20. The largest absolute Gasteiger partial charge is 0.497 e. The highest BCUT2D eigenvalue weighted by molar-refractivity contribution is 6.76. The van der Waals surface area contributed by atoms with Gasteiger partial charge in [0.1, 0.15) is 11.5 Å². The Kier molecular flexibility index (Phi) is 5.14. The number of nitrogens with zero attached hydrogens (tertiary/aromatic N) is 1. The molecular weight excluding hydrogens is 290 g/mol. The van der Waals surface area contributed by atoms with E-state index in [1.807, 2.05) is 24.3 Å². The number of anilines is 2. The molecule has 2 aromatic carbocycles. The second-order valence-electron chi connectivity index (χ2n) is 6.54. The quantitative estimate of drug-likeness (QED) is 0.720. The minimum atomic E-state index is -1.27. The Morgan fingerprint density at radius 3 is 1.36 bits per heavy atom. The van der Waals surface area contributed by atoms with Crippen molar-refractivity contribution in [3.63, 3.8) is 0 Å². The summed E-state index contributed by atoms with van der Waals surface area (Å²) in [4.78, 5) is 2.38. The predicted octanol–water partition coefficient (Wildman–Crippen LogP) is 4.72. The Bertz CT molecular complexity index is 540. The highest BCUT2D eigenvalue weighted by Crippen LogP contribution is 2.30. The van der Waals surface area contributed by atoms with Gasteiger partial charge in [0.2, 0.25) is 0 Å². The third kappa shape index (κ3) is 4.27. The molecule has 0 radical (unpaired) electrons. The van der Waals surface area contributed by atoms with E-state index in [0.29, 0.717) is 0 Å². The lowest BCUT2D eigenvalue weighted by Gasteiger charge is -2.31. The summed E-state index contributed by atoms with van der Waals surface area (Å²) >= 11 is 0. The average molecular weight is 315 g/mol. The Labute approximate surface area is 134 Å². The first kappa shape index (κ1) is 16.4.